The Morgan fingerprint density at radius 2 is 1.41 bits per heavy atom. The number of primary amides is 2. The van der Waals surface area contributed by atoms with E-state index in [1.165, 1.54) is 0 Å². The van der Waals surface area contributed by atoms with E-state index < -0.39 is 11.8 Å². The molecule has 0 aliphatic heterocycles. The van der Waals surface area contributed by atoms with E-state index in [1.807, 2.05) is 0 Å². The number of halogens is 2. The van der Waals surface area contributed by atoms with Gasteiger partial charge in [-0.15, -0.1) is 0 Å². The van der Waals surface area contributed by atoms with Crippen molar-refractivity contribution in [2.24, 2.45) is 11.5 Å². The third-order valence-electron chi connectivity index (χ3n) is 2.25. The fraction of sp³-hybridized carbons (Fsp3) is 0.273. The minimum atomic E-state index is -0.507. The summed E-state index contributed by atoms with van der Waals surface area (Å²) in [5.41, 5.74) is 10.9. The van der Waals surface area contributed by atoms with Crippen LogP contribution in [-0.2, 0) is 9.59 Å². The highest BCUT2D eigenvalue weighted by Crippen LogP contribution is 2.28. The van der Waals surface area contributed by atoms with Gasteiger partial charge in [0.2, 0.25) is 11.8 Å². The van der Waals surface area contributed by atoms with Crippen LogP contribution in [0.3, 0.4) is 0 Å². The van der Waals surface area contributed by atoms with E-state index in [1.54, 1.807) is 18.2 Å². The summed E-state index contributed by atoms with van der Waals surface area (Å²) in [4.78, 5) is 21.9. The SMILES string of the molecule is NC(=O)CC(CC(N)=O)c1cc(Cl)cc(Cl)c1. The highest BCUT2D eigenvalue weighted by atomic mass is 35.5. The van der Waals surface area contributed by atoms with Gasteiger partial charge >= 0.3 is 0 Å². The third kappa shape index (κ3) is 4.63. The Labute approximate surface area is 109 Å². The van der Waals surface area contributed by atoms with Crippen molar-refractivity contribution in [3.8, 4) is 0 Å². The van der Waals surface area contributed by atoms with Gasteiger partial charge in [-0.1, -0.05) is 23.2 Å². The van der Waals surface area contributed by atoms with Crippen molar-refractivity contribution in [2.75, 3.05) is 0 Å². The summed E-state index contributed by atoms with van der Waals surface area (Å²) >= 11 is 11.7. The lowest BCUT2D eigenvalue weighted by molar-refractivity contribution is -0.119. The zero-order valence-electron chi connectivity index (χ0n) is 8.95. The minimum absolute atomic E-state index is 0.0274. The first-order valence-electron chi connectivity index (χ1n) is 4.91. The van der Waals surface area contributed by atoms with Gasteiger partial charge in [0, 0.05) is 28.8 Å². The number of nitrogens with two attached hydrogens (primary N) is 2. The number of benzene rings is 1. The lowest BCUT2D eigenvalue weighted by Crippen LogP contribution is -2.20. The summed E-state index contributed by atoms with van der Waals surface area (Å²) < 4.78 is 0. The Balaban J connectivity index is 3.02. The quantitative estimate of drug-likeness (QED) is 0.858. The maximum Gasteiger partial charge on any atom is 0.218 e. The molecule has 0 aliphatic rings. The topological polar surface area (TPSA) is 86.2 Å². The molecule has 1 rings (SSSR count). The van der Waals surface area contributed by atoms with E-state index in [9.17, 15) is 9.59 Å². The molecule has 2 amide bonds. The van der Waals surface area contributed by atoms with Crippen LogP contribution >= 0.6 is 23.2 Å². The number of carbonyl (C=O) groups is 2. The Morgan fingerprint density at radius 3 is 1.76 bits per heavy atom. The highest BCUT2D eigenvalue weighted by molar-refractivity contribution is 6.34. The van der Waals surface area contributed by atoms with Crippen LogP contribution < -0.4 is 11.5 Å². The molecule has 0 fully saturated rings. The highest BCUT2D eigenvalue weighted by Gasteiger charge is 2.18. The Bertz CT molecular complexity index is 413. The second-order valence-corrected chi connectivity index (χ2v) is 4.61. The molecule has 0 spiro atoms. The smallest absolute Gasteiger partial charge is 0.218 e. The molecule has 17 heavy (non-hydrogen) atoms. The molecule has 4 nitrogen and oxygen atoms in total. The number of carbonyl (C=O) groups excluding carboxylic acids is 2. The van der Waals surface area contributed by atoms with Crippen molar-refractivity contribution in [3.63, 3.8) is 0 Å². The van der Waals surface area contributed by atoms with Crippen molar-refractivity contribution in [3.05, 3.63) is 33.8 Å². The van der Waals surface area contributed by atoms with E-state index in [4.69, 9.17) is 34.7 Å². The van der Waals surface area contributed by atoms with Crippen LogP contribution in [0.4, 0.5) is 0 Å². The maximum absolute atomic E-state index is 10.9. The van der Waals surface area contributed by atoms with Crippen molar-refractivity contribution < 1.29 is 9.59 Å². The molecule has 92 valence electrons. The fourth-order valence-electron chi connectivity index (χ4n) is 1.60. The molecule has 0 bridgehead atoms. The molecular formula is C11H12Cl2N2O2. The van der Waals surface area contributed by atoms with E-state index >= 15 is 0 Å². The van der Waals surface area contributed by atoms with Gasteiger partial charge in [0.25, 0.3) is 0 Å². The monoisotopic (exact) mass is 274 g/mol. The average molecular weight is 275 g/mol. The van der Waals surface area contributed by atoms with Crippen LogP contribution in [0.1, 0.15) is 24.3 Å². The number of hydrogen-bond acceptors (Lipinski definition) is 2. The molecule has 0 heterocycles. The van der Waals surface area contributed by atoms with Gasteiger partial charge in [-0.25, -0.2) is 0 Å². The predicted molar refractivity (Wildman–Crippen MR) is 66.8 cm³/mol. The summed E-state index contributed by atoms with van der Waals surface area (Å²) in [6.07, 6.45) is 0.0548. The second-order valence-electron chi connectivity index (χ2n) is 3.74. The second kappa shape index (κ2) is 5.89. The molecule has 4 N–H and O–H groups in total. The molecule has 0 radical (unpaired) electrons. The van der Waals surface area contributed by atoms with Crippen molar-refractivity contribution >= 4 is 35.0 Å². The molecule has 0 atom stereocenters. The predicted octanol–water partition coefficient (Wildman–Crippen LogP) is 1.83. The zero-order chi connectivity index (χ0) is 13.0. The molecule has 0 aliphatic carbocycles. The first-order chi connectivity index (χ1) is 7.88. The normalized spacial score (nSPS) is 10.5. The molecule has 6 heteroatoms. The van der Waals surface area contributed by atoms with Gasteiger partial charge in [0.1, 0.15) is 0 Å². The number of amides is 2. The van der Waals surface area contributed by atoms with Crippen molar-refractivity contribution in [1.82, 2.24) is 0 Å². The van der Waals surface area contributed by atoms with E-state index in [0.717, 1.165) is 0 Å². The zero-order valence-corrected chi connectivity index (χ0v) is 10.5. The van der Waals surface area contributed by atoms with Gasteiger partial charge in [-0.05, 0) is 23.8 Å². The standard InChI is InChI=1S/C11H12Cl2N2O2/c12-8-1-6(2-9(13)5-8)7(3-10(14)16)4-11(15)17/h1-2,5,7H,3-4H2,(H2,14,16)(H2,15,17). The molecule has 0 aromatic heterocycles. The fourth-order valence-corrected chi connectivity index (χ4v) is 2.15. The van der Waals surface area contributed by atoms with Crippen LogP contribution in [0.5, 0.6) is 0 Å². The summed E-state index contributed by atoms with van der Waals surface area (Å²) in [5, 5.41) is 0.873. The van der Waals surface area contributed by atoms with Crippen LogP contribution in [0.25, 0.3) is 0 Å². The van der Waals surface area contributed by atoms with Crippen LogP contribution in [0, 0.1) is 0 Å². The Kier molecular flexibility index (Phi) is 4.78. The van der Waals surface area contributed by atoms with Crippen molar-refractivity contribution in [1.29, 1.82) is 0 Å². The molecule has 0 saturated carbocycles. The first kappa shape index (κ1) is 13.8. The van der Waals surface area contributed by atoms with Gasteiger partial charge in [-0.3, -0.25) is 9.59 Å². The number of hydrogen-bond donors (Lipinski definition) is 2. The summed E-state index contributed by atoms with van der Waals surface area (Å²) in [7, 11) is 0. The number of rotatable bonds is 5. The van der Waals surface area contributed by atoms with Gasteiger partial charge in [0.15, 0.2) is 0 Å². The molecule has 0 saturated heterocycles. The van der Waals surface area contributed by atoms with E-state index in [0.29, 0.717) is 15.6 Å². The minimum Gasteiger partial charge on any atom is -0.370 e. The van der Waals surface area contributed by atoms with Crippen LogP contribution in [0.2, 0.25) is 10.0 Å². The Hall–Kier alpha value is -1.26. The summed E-state index contributed by atoms with van der Waals surface area (Å²) in [6.45, 7) is 0. The van der Waals surface area contributed by atoms with Gasteiger partial charge < -0.3 is 11.5 Å². The van der Waals surface area contributed by atoms with Crippen molar-refractivity contribution in [2.45, 2.75) is 18.8 Å². The molecule has 1 aromatic rings. The molecular weight excluding hydrogens is 263 g/mol. The Morgan fingerprint density at radius 1 is 1.00 bits per heavy atom. The first-order valence-corrected chi connectivity index (χ1v) is 5.66. The molecule has 1 aromatic carbocycles. The van der Waals surface area contributed by atoms with E-state index in [2.05, 4.69) is 0 Å². The van der Waals surface area contributed by atoms with Gasteiger partial charge in [0.05, 0.1) is 0 Å². The average Bonchev–Trinajstić information content (AvgIpc) is 2.13. The summed E-state index contributed by atoms with van der Waals surface area (Å²) in [6, 6.07) is 4.85. The van der Waals surface area contributed by atoms with Crippen LogP contribution in [0.15, 0.2) is 18.2 Å². The maximum atomic E-state index is 10.9. The third-order valence-corrected chi connectivity index (χ3v) is 2.69. The lowest BCUT2D eigenvalue weighted by Gasteiger charge is -2.14. The largest absolute Gasteiger partial charge is 0.370 e. The van der Waals surface area contributed by atoms with E-state index in [-0.39, 0.29) is 18.8 Å². The molecule has 0 unspecified atom stereocenters. The lowest BCUT2D eigenvalue weighted by atomic mass is 9.92. The summed E-state index contributed by atoms with van der Waals surface area (Å²) in [5.74, 6) is -1.40. The van der Waals surface area contributed by atoms with Crippen LogP contribution in [-0.4, -0.2) is 11.8 Å². The van der Waals surface area contributed by atoms with Gasteiger partial charge in [-0.2, -0.15) is 0 Å².